The fraction of sp³-hybridized carbons (Fsp3) is 0.231. The molecule has 0 spiro atoms. The van der Waals surface area contributed by atoms with Crippen molar-refractivity contribution in [2.24, 2.45) is 0 Å². The number of nitrogens with zero attached hydrogens (tertiary/aromatic N) is 3. The van der Waals surface area contributed by atoms with Crippen molar-refractivity contribution in [2.75, 3.05) is 5.73 Å². The van der Waals surface area contributed by atoms with Gasteiger partial charge in [-0.25, -0.2) is 9.97 Å². The minimum atomic E-state index is -0.145. The van der Waals surface area contributed by atoms with Crippen LogP contribution in [-0.2, 0) is 13.2 Å². The first-order chi connectivity index (χ1) is 9.17. The fourth-order valence-electron chi connectivity index (χ4n) is 2.10. The van der Waals surface area contributed by atoms with Crippen molar-refractivity contribution in [2.45, 2.75) is 20.1 Å². The largest absolute Gasteiger partial charge is 0.444 e. The Morgan fingerprint density at radius 2 is 2.26 bits per heavy atom. The van der Waals surface area contributed by atoms with Gasteiger partial charge < -0.3 is 19.8 Å². The predicted octanol–water partition coefficient (Wildman–Crippen LogP) is 1.46. The number of nitrogens with two attached hydrogens (primary N) is 1. The molecule has 19 heavy (non-hydrogen) atoms. The normalized spacial score (nSPS) is 11.3. The van der Waals surface area contributed by atoms with Crippen LogP contribution in [0.2, 0.25) is 0 Å². The monoisotopic (exact) mass is 258 g/mol. The molecule has 3 aromatic rings. The molecule has 0 radical (unpaired) electrons. The topological polar surface area (TPSA) is 90.1 Å². The number of hydrogen-bond donors (Lipinski definition) is 2. The van der Waals surface area contributed by atoms with E-state index in [0.717, 1.165) is 16.8 Å². The van der Waals surface area contributed by atoms with Gasteiger partial charge in [-0.2, -0.15) is 0 Å². The SMILES string of the molecule is Cc1cnc(Cn2c(CO)nc3cc(N)ccc32)o1. The summed E-state index contributed by atoms with van der Waals surface area (Å²) in [5.41, 5.74) is 8.04. The molecule has 0 aliphatic heterocycles. The second-order valence-corrected chi connectivity index (χ2v) is 4.39. The van der Waals surface area contributed by atoms with Crippen LogP contribution in [0, 0.1) is 6.92 Å². The molecule has 98 valence electrons. The van der Waals surface area contributed by atoms with Crippen molar-refractivity contribution in [3.8, 4) is 0 Å². The van der Waals surface area contributed by atoms with Crippen LogP contribution in [0.15, 0.2) is 28.8 Å². The van der Waals surface area contributed by atoms with Crippen molar-refractivity contribution in [3.05, 3.63) is 41.9 Å². The van der Waals surface area contributed by atoms with E-state index in [9.17, 15) is 5.11 Å². The van der Waals surface area contributed by atoms with E-state index in [4.69, 9.17) is 10.2 Å². The molecule has 1 aromatic carbocycles. The lowest BCUT2D eigenvalue weighted by Crippen LogP contribution is -2.05. The van der Waals surface area contributed by atoms with E-state index < -0.39 is 0 Å². The average molecular weight is 258 g/mol. The van der Waals surface area contributed by atoms with E-state index >= 15 is 0 Å². The summed E-state index contributed by atoms with van der Waals surface area (Å²) in [6, 6.07) is 5.47. The second kappa shape index (κ2) is 4.40. The molecule has 0 unspecified atom stereocenters. The predicted molar refractivity (Wildman–Crippen MR) is 70.4 cm³/mol. The number of oxazole rings is 1. The Hall–Kier alpha value is -2.34. The Bertz CT molecular complexity index is 729. The molecule has 3 rings (SSSR count). The molecule has 3 N–H and O–H groups in total. The third kappa shape index (κ3) is 2.06. The van der Waals surface area contributed by atoms with Gasteiger partial charge in [-0.3, -0.25) is 0 Å². The Balaban J connectivity index is 2.10. The zero-order valence-corrected chi connectivity index (χ0v) is 10.5. The van der Waals surface area contributed by atoms with Gasteiger partial charge in [0.1, 0.15) is 24.7 Å². The maximum atomic E-state index is 9.41. The van der Waals surface area contributed by atoms with Crippen LogP contribution in [0.25, 0.3) is 11.0 Å². The molecule has 6 nitrogen and oxygen atoms in total. The number of aliphatic hydroxyl groups is 1. The number of anilines is 1. The minimum absolute atomic E-state index is 0.145. The van der Waals surface area contributed by atoms with Crippen molar-refractivity contribution >= 4 is 16.7 Å². The summed E-state index contributed by atoms with van der Waals surface area (Å²) >= 11 is 0. The minimum Gasteiger partial charge on any atom is -0.444 e. The van der Waals surface area contributed by atoms with Crippen LogP contribution in [0.1, 0.15) is 17.5 Å². The van der Waals surface area contributed by atoms with Crippen molar-refractivity contribution in [3.63, 3.8) is 0 Å². The van der Waals surface area contributed by atoms with Gasteiger partial charge in [-0.05, 0) is 25.1 Å². The maximum Gasteiger partial charge on any atom is 0.214 e. The summed E-state index contributed by atoms with van der Waals surface area (Å²) in [6.45, 7) is 2.13. The molecular formula is C13H14N4O2. The number of imidazole rings is 1. The van der Waals surface area contributed by atoms with Crippen LogP contribution >= 0.6 is 0 Å². The van der Waals surface area contributed by atoms with Gasteiger partial charge in [0.2, 0.25) is 5.89 Å². The number of fused-ring (bicyclic) bond motifs is 1. The summed E-state index contributed by atoms with van der Waals surface area (Å²) in [5, 5.41) is 9.41. The van der Waals surface area contributed by atoms with Gasteiger partial charge in [0.05, 0.1) is 17.2 Å². The highest BCUT2D eigenvalue weighted by Gasteiger charge is 2.12. The van der Waals surface area contributed by atoms with Gasteiger partial charge in [0.15, 0.2) is 0 Å². The quantitative estimate of drug-likeness (QED) is 0.694. The molecule has 0 saturated heterocycles. The fourth-order valence-corrected chi connectivity index (χ4v) is 2.10. The smallest absolute Gasteiger partial charge is 0.214 e. The van der Waals surface area contributed by atoms with Crippen LogP contribution in [0.3, 0.4) is 0 Å². The molecule has 2 aromatic heterocycles. The van der Waals surface area contributed by atoms with E-state index in [1.54, 1.807) is 12.3 Å². The first-order valence-electron chi connectivity index (χ1n) is 5.94. The lowest BCUT2D eigenvalue weighted by molar-refractivity contribution is 0.265. The number of rotatable bonds is 3. The average Bonchev–Trinajstić information content (AvgIpc) is 2.94. The van der Waals surface area contributed by atoms with Crippen molar-refractivity contribution in [1.82, 2.24) is 14.5 Å². The summed E-state index contributed by atoms with van der Waals surface area (Å²) in [4.78, 5) is 8.53. The number of aryl methyl sites for hydroxylation is 1. The number of hydrogen-bond acceptors (Lipinski definition) is 5. The van der Waals surface area contributed by atoms with E-state index in [0.29, 0.717) is 23.9 Å². The Morgan fingerprint density at radius 3 is 2.95 bits per heavy atom. The molecule has 0 aliphatic carbocycles. The molecule has 0 bridgehead atoms. The maximum absolute atomic E-state index is 9.41. The molecule has 0 saturated carbocycles. The summed E-state index contributed by atoms with van der Waals surface area (Å²) in [6.07, 6.45) is 1.67. The van der Waals surface area contributed by atoms with Gasteiger partial charge in [-0.15, -0.1) is 0 Å². The van der Waals surface area contributed by atoms with Gasteiger partial charge in [0, 0.05) is 5.69 Å². The van der Waals surface area contributed by atoms with Crippen molar-refractivity contribution < 1.29 is 9.52 Å². The number of nitrogen functional groups attached to an aromatic ring is 1. The zero-order valence-electron chi connectivity index (χ0n) is 10.5. The third-order valence-corrected chi connectivity index (χ3v) is 2.96. The van der Waals surface area contributed by atoms with Crippen LogP contribution in [0.4, 0.5) is 5.69 Å². The van der Waals surface area contributed by atoms with Crippen LogP contribution in [0.5, 0.6) is 0 Å². The van der Waals surface area contributed by atoms with Crippen LogP contribution < -0.4 is 5.73 Å². The van der Waals surface area contributed by atoms with Gasteiger partial charge >= 0.3 is 0 Å². The molecule has 0 amide bonds. The molecular weight excluding hydrogens is 244 g/mol. The van der Waals surface area contributed by atoms with Gasteiger partial charge in [0.25, 0.3) is 0 Å². The van der Waals surface area contributed by atoms with E-state index in [-0.39, 0.29) is 6.61 Å². The van der Waals surface area contributed by atoms with Crippen LogP contribution in [-0.4, -0.2) is 19.6 Å². The number of aromatic nitrogens is 3. The van der Waals surface area contributed by atoms with Crippen molar-refractivity contribution in [1.29, 1.82) is 0 Å². The molecule has 0 atom stereocenters. The van der Waals surface area contributed by atoms with Gasteiger partial charge in [-0.1, -0.05) is 0 Å². The number of aliphatic hydroxyl groups excluding tert-OH is 1. The van der Waals surface area contributed by atoms with E-state index in [2.05, 4.69) is 9.97 Å². The molecule has 0 aliphatic rings. The Morgan fingerprint density at radius 1 is 1.42 bits per heavy atom. The summed E-state index contributed by atoms with van der Waals surface area (Å²) in [7, 11) is 0. The molecule has 2 heterocycles. The second-order valence-electron chi connectivity index (χ2n) is 4.39. The molecule has 0 fully saturated rings. The van der Waals surface area contributed by atoms with E-state index in [1.807, 2.05) is 23.6 Å². The van der Waals surface area contributed by atoms with E-state index in [1.165, 1.54) is 0 Å². The Kier molecular flexibility index (Phi) is 2.72. The number of benzene rings is 1. The zero-order chi connectivity index (χ0) is 13.4. The lowest BCUT2D eigenvalue weighted by Gasteiger charge is -2.04. The highest BCUT2D eigenvalue weighted by atomic mass is 16.4. The highest BCUT2D eigenvalue weighted by Crippen LogP contribution is 2.20. The summed E-state index contributed by atoms with van der Waals surface area (Å²) in [5.74, 6) is 1.91. The standard InChI is InChI=1S/C13H14N4O2/c1-8-5-15-13(19-8)6-17-11-3-2-9(14)4-10(11)16-12(17)7-18/h2-5,18H,6-7,14H2,1H3. The first-order valence-corrected chi connectivity index (χ1v) is 5.94. The first kappa shape index (κ1) is 11.7. The molecule has 6 heteroatoms. The lowest BCUT2D eigenvalue weighted by atomic mass is 10.3. The third-order valence-electron chi connectivity index (χ3n) is 2.96. The summed E-state index contributed by atoms with van der Waals surface area (Å²) < 4.78 is 7.34. The highest BCUT2D eigenvalue weighted by molar-refractivity contribution is 5.79. The Labute approximate surface area is 109 Å².